The Balaban J connectivity index is 0.00000242. The smallest absolute Gasteiger partial charge is 1.00 e. The van der Waals surface area contributed by atoms with Gasteiger partial charge in [0, 0.05) is 0 Å². The van der Waals surface area contributed by atoms with E-state index in [-0.39, 0.29) is 69.8 Å². The van der Waals surface area contributed by atoms with Gasteiger partial charge in [-0.1, -0.05) is 140 Å². The standard InChI is InChI=1S/C39H45Si.3ClH.Ti/c1-26-17-27(2)20-33(19-26)40(34-21-28(3)18-29(4)22-34,37-16-15-30-13-11-12-14-36(30)37)35-24-31(38(5,6)7)23-32(25-35)39(8,9)10;;;;/h11-25H,1-10H3;3*1H;/q-1;;;;+4/p-3. The van der Waals surface area contributed by atoms with Gasteiger partial charge in [0.2, 0.25) is 0 Å². The van der Waals surface area contributed by atoms with Crippen molar-refractivity contribution in [2.75, 3.05) is 0 Å². The molecular formula is C39H45Cl3SiTi. The fourth-order valence-electron chi connectivity index (χ4n) is 6.54. The summed E-state index contributed by atoms with van der Waals surface area (Å²) in [6, 6.07) is 36.0. The number of hydrogen-bond acceptors (Lipinski definition) is 0. The Morgan fingerprint density at radius 2 is 0.886 bits per heavy atom. The first-order valence-electron chi connectivity index (χ1n) is 14.7. The van der Waals surface area contributed by atoms with Crippen molar-refractivity contribution in [1.29, 1.82) is 0 Å². The number of fused-ring (bicyclic) bond motifs is 1. The van der Waals surface area contributed by atoms with Crippen molar-refractivity contribution in [2.45, 2.75) is 80.1 Å². The molecule has 44 heavy (non-hydrogen) atoms. The molecule has 5 aromatic carbocycles. The average molecular weight is 696 g/mol. The molecule has 0 saturated heterocycles. The Morgan fingerprint density at radius 3 is 1.30 bits per heavy atom. The molecule has 0 amide bonds. The molecular weight excluding hydrogens is 651 g/mol. The summed E-state index contributed by atoms with van der Waals surface area (Å²) in [6.45, 7) is 23.2. The predicted molar refractivity (Wildman–Crippen MR) is 180 cm³/mol. The third kappa shape index (κ3) is 7.63. The minimum Gasteiger partial charge on any atom is -1.00 e. The van der Waals surface area contributed by atoms with Crippen LogP contribution in [0, 0.1) is 27.7 Å². The molecule has 0 spiro atoms. The Labute approximate surface area is 300 Å². The predicted octanol–water partition coefficient (Wildman–Crippen LogP) is -1.23. The average Bonchev–Trinajstić information content (AvgIpc) is 3.27. The zero-order chi connectivity index (χ0) is 29.0. The summed E-state index contributed by atoms with van der Waals surface area (Å²) in [5, 5.41) is 8.62. The fraction of sp³-hybridized carbons (Fsp3) is 0.308. The number of rotatable bonds is 4. The van der Waals surface area contributed by atoms with Crippen molar-refractivity contribution in [3.63, 3.8) is 0 Å². The van der Waals surface area contributed by atoms with Crippen LogP contribution >= 0.6 is 0 Å². The van der Waals surface area contributed by atoms with Crippen LogP contribution in [0.15, 0.2) is 91.0 Å². The van der Waals surface area contributed by atoms with Crippen LogP contribution in [0.3, 0.4) is 0 Å². The van der Waals surface area contributed by atoms with E-state index in [1.54, 1.807) is 0 Å². The molecule has 0 radical (unpaired) electrons. The second kappa shape index (κ2) is 14.8. The Morgan fingerprint density at radius 1 is 0.500 bits per heavy atom. The van der Waals surface area contributed by atoms with E-state index in [4.69, 9.17) is 0 Å². The van der Waals surface area contributed by atoms with E-state index in [1.807, 2.05) is 0 Å². The minimum atomic E-state index is -2.76. The molecule has 5 heteroatoms. The molecule has 230 valence electrons. The zero-order valence-electron chi connectivity index (χ0n) is 27.8. The first kappa shape index (κ1) is 40.3. The number of aryl methyl sites for hydroxylation is 4. The van der Waals surface area contributed by atoms with E-state index >= 15 is 0 Å². The van der Waals surface area contributed by atoms with Crippen molar-refractivity contribution in [3.8, 4) is 0 Å². The molecule has 0 fully saturated rings. The van der Waals surface area contributed by atoms with Crippen LogP contribution in [0.1, 0.15) is 74.9 Å². The van der Waals surface area contributed by atoms with Crippen molar-refractivity contribution < 1.29 is 58.9 Å². The van der Waals surface area contributed by atoms with Gasteiger partial charge in [0.1, 0.15) is 8.07 Å². The zero-order valence-corrected chi connectivity index (χ0v) is 32.6. The summed E-state index contributed by atoms with van der Waals surface area (Å²) in [7, 11) is -2.76. The Bertz CT molecular complexity index is 1600. The van der Waals surface area contributed by atoms with E-state index in [9.17, 15) is 0 Å². The van der Waals surface area contributed by atoms with Gasteiger partial charge < -0.3 is 37.2 Å². The molecule has 0 bridgehead atoms. The summed E-state index contributed by atoms with van der Waals surface area (Å²) >= 11 is 0. The molecule has 0 aliphatic heterocycles. The topological polar surface area (TPSA) is 0 Å². The summed E-state index contributed by atoms with van der Waals surface area (Å²) in [4.78, 5) is 0. The van der Waals surface area contributed by atoms with E-state index < -0.39 is 8.07 Å². The molecule has 0 aliphatic rings. The normalized spacial score (nSPS) is 11.6. The fourth-order valence-corrected chi connectivity index (χ4v) is 12.0. The molecule has 0 saturated carbocycles. The maximum absolute atomic E-state index is 2.76. The van der Waals surface area contributed by atoms with Gasteiger partial charge in [-0.2, -0.15) is 12.1 Å². The molecule has 0 aliphatic carbocycles. The van der Waals surface area contributed by atoms with Gasteiger partial charge in [0.25, 0.3) is 0 Å². The monoisotopic (exact) mass is 694 g/mol. The second-order valence-electron chi connectivity index (χ2n) is 14.1. The number of halogens is 3. The first-order chi connectivity index (χ1) is 18.7. The second-order valence-corrected chi connectivity index (χ2v) is 17.9. The number of benzene rings is 4. The van der Waals surface area contributed by atoms with Crippen molar-refractivity contribution in [2.24, 2.45) is 0 Å². The maximum atomic E-state index is 2.57. The Hall–Kier alpha value is -1.71. The third-order valence-corrected chi connectivity index (χ3v) is 13.2. The van der Waals surface area contributed by atoms with Crippen LogP contribution in [-0.2, 0) is 32.5 Å². The molecule has 0 atom stereocenters. The molecule has 5 rings (SSSR count). The van der Waals surface area contributed by atoms with E-state index in [2.05, 4.69) is 160 Å². The van der Waals surface area contributed by atoms with Gasteiger partial charge in [-0.25, -0.2) is 0 Å². The molecule has 0 aromatic heterocycles. The summed E-state index contributed by atoms with van der Waals surface area (Å²) in [5.41, 5.74) is 8.22. The van der Waals surface area contributed by atoms with Crippen molar-refractivity contribution in [3.05, 3.63) is 124 Å². The van der Waals surface area contributed by atoms with Gasteiger partial charge in [0.15, 0.2) is 0 Å². The molecule has 0 nitrogen and oxygen atoms in total. The molecule has 0 heterocycles. The summed E-state index contributed by atoms with van der Waals surface area (Å²) in [5.74, 6) is 0. The SMILES string of the molecule is Cc1cc(C)cc([Si](c2cc(C)cc(C)c2)(c2cc(C(C)(C)C)cc(C(C)(C)C)c2)[c-]2ccc3ccccc32)c1.[Cl-].[Cl-].[Cl-].[Ti+4]. The van der Waals surface area contributed by atoms with Gasteiger partial charge in [-0.3, -0.25) is 0 Å². The van der Waals surface area contributed by atoms with Gasteiger partial charge in [-0.15, -0.1) is 34.2 Å². The summed E-state index contributed by atoms with van der Waals surface area (Å²) < 4.78 is 0. The summed E-state index contributed by atoms with van der Waals surface area (Å²) in [6.07, 6.45) is 0. The van der Waals surface area contributed by atoms with Crippen LogP contribution in [-0.4, -0.2) is 8.07 Å². The van der Waals surface area contributed by atoms with Gasteiger partial charge >= 0.3 is 21.7 Å². The van der Waals surface area contributed by atoms with Crippen LogP contribution < -0.4 is 58.0 Å². The molecule has 0 N–H and O–H groups in total. The molecule has 5 aromatic rings. The van der Waals surface area contributed by atoms with E-state index in [0.29, 0.717) is 0 Å². The molecule has 0 unspecified atom stereocenters. The Kier molecular flexibility index (Phi) is 13.6. The first-order valence-corrected chi connectivity index (χ1v) is 16.7. The third-order valence-electron chi connectivity index (χ3n) is 8.49. The number of hydrogen-bond donors (Lipinski definition) is 0. The largest absolute Gasteiger partial charge is 4.00 e. The maximum Gasteiger partial charge on any atom is 4.00 e. The van der Waals surface area contributed by atoms with Crippen LogP contribution in [0.2, 0.25) is 0 Å². The quantitative estimate of drug-likeness (QED) is 0.126. The van der Waals surface area contributed by atoms with Gasteiger partial charge in [-0.05, 0) is 49.7 Å². The minimum absolute atomic E-state index is 0. The van der Waals surface area contributed by atoms with Crippen molar-refractivity contribution in [1.82, 2.24) is 0 Å². The van der Waals surface area contributed by atoms with Crippen molar-refractivity contribution >= 4 is 39.6 Å². The van der Waals surface area contributed by atoms with E-state index in [0.717, 1.165) is 0 Å². The van der Waals surface area contributed by atoms with Crippen LogP contribution in [0.25, 0.3) is 10.8 Å². The van der Waals surface area contributed by atoms with Crippen LogP contribution in [0.5, 0.6) is 0 Å². The van der Waals surface area contributed by atoms with Gasteiger partial charge in [0.05, 0.1) is 0 Å². The van der Waals surface area contributed by atoms with Crippen LogP contribution in [0.4, 0.5) is 0 Å². The van der Waals surface area contributed by atoms with E-state index in [1.165, 1.54) is 64.9 Å².